The number of carboxylic acid groups (broad SMARTS) is 1. The second-order valence-corrected chi connectivity index (χ2v) is 6.91. The van der Waals surface area contributed by atoms with Crippen LogP contribution in [0.5, 0.6) is 0 Å². The summed E-state index contributed by atoms with van der Waals surface area (Å²) < 4.78 is 24.3. The molecule has 27 heavy (non-hydrogen) atoms. The maximum atomic E-state index is 14.7. The van der Waals surface area contributed by atoms with Gasteiger partial charge in [-0.2, -0.15) is 8.75 Å². The molecular weight excluding hydrogens is 375 g/mol. The number of halogens is 1. The number of carbonyl (C=O) groups is 1. The first kappa shape index (κ1) is 17.5. The van der Waals surface area contributed by atoms with Gasteiger partial charge in [0.1, 0.15) is 5.56 Å². The zero-order valence-electron chi connectivity index (χ0n) is 14.2. The second-order valence-electron chi connectivity index (χ2n) is 6.38. The fourth-order valence-corrected chi connectivity index (χ4v) is 3.72. The molecule has 4 heterocycles. The molecule has 0 saturated carbocycles. The Labute approximate surface area is 156 Å². The Morgan fingerprint density at radius 1 is 1.41 bits per heavy atom. The summed E-state index contributed by atoms with van der Waals surface area (Å²) in [6.07, 6.45) is 1.86. The summed E-state index contributed by atoms with van der Waals surface area (Å²) in [5, 5.41) is 9.23. The van der Waals surface area contributed by atoms with Crippen molar-refractivity contribution in [1.82, 2.24) is 18.3 Å². The summed E-state index contributed by atoms with van der Waals surface area (Å²) in [4.78, 5) is 30.1. The number of aromatic nitrogens is 4. The molecule has 0 amide bonds. The number of nitrogens with zero attached hydrogens (tertiary/aromatic N) is 5. The standard InChI is InChI=1S/C16H15FN6O3S/c1-7-13(21-27-20-7)23-6-10(16(25)26)12(24)9-4-11(17)15(19-14(9)23)22-3-2-8(18)5-22/h4,6,8H,2-3,5,18H2,1H3,(H,25,26). The number of fused-ring (bicyclic) bond motifs is 1. The molecule has 9 nitrogen and oxygen atoms in total. The Morgan fingerprint density at radius 3 is 2.78 bits per heavy atom. The largest absolute Gasteiger partial charge is 0.477 e. The third-order valence-corrected chi connectivity index (χ3v) is 5.13. The van der Waals surface area contributed by atoms with E-state index in [0.717, 1.165) is 24.0 Å². The Kier molecular flexibility index (Phi) is 4.12. The quantitative estimate of drug-likeness (QED) is 0.676. The van der Waals surface area contributed by atoms with Crippen molar-refractivity contribution in [2.45, 2.75) is 19.4 Å². The van der Waals surface area contributed by atoms with Crippen molar-refractivity contribution in [2.24, 2.45) is 5.73 Å². The van der Waals surface area contributed by atoms with Gasteiger partial charge in [0.15, 0.2) is 23.1 Å². The van der Waals surface area contributed by atoms with Gasteiger partial charge in [0.25, 0.3) is 0 Å². The van der Waals surface area contributed by atoms with Gasteiger partial charge in [-0.3, -0.25) is 9.36 Å². The van der Waals surface area contributed by atoms with Crippen LogP contribution in [-0.4, -0.2) is 48.5 Å². The van der Waals surface area contributed by atoms with Crippen LogP contribution in [0.1, 0.15) is 22.5 Å². The van der Waals surface area contributed by atoms with Crippen LogP contribution in [0.15, 0.2) is 17.1 Å². The maximum absolute atomic E-state index is 14.7. The minimum Gasteiger partial charge on any atom is -0.477 e. The van der Waals surface area contributed by atoms with Crippen LogP contribution in [0.3, 0.4) is 0 Å². The highest BCUT2D eigenvalue weighted by atomic mass is 32.1. The molecule has 1 atom stereocenters. The number of nitrogens with two attached hydrogens (primary N) is 1. The molecule has 3 aromatic rings. The minimum atomic E-state index is -1.41. The molecule has 3 N–H and O–H groups in total. The first-order valence-corrected chi connectivity index (χ1v) is 8.89. The molecule has 0 bridgehead atoms. The third kappa shape index (κ3) is 2.84. The molecule has 0 aliphatic carbocycles. The molecule has 1 aliphatic rings. The Bertz CT molecular complexity index is 1130. The molecule has 4 rings (SSSR count). The Morgan fingerprint density at radius 2 is 2.19 bits per heavy atom. The maximum Gasteiger partial charge on any atom is 0.341 e. The lowest BCUT2D eigenvalue weighted by molar-refractivity contribution is 0.0695. The SMILES string of the molecule is Cc1nsnc1-n1cc(C(=O)O)c(=O)c2cc(F)c(N3CCC(N)C3)nc21. The van der Waals surface area contributed by atoms with Gasteiger partial charge in [-0.1, -0.05) is 0 Å². The summed E-state index contributed by atoms with van der Waals surface area (Å²) in [5.41, 5.74) is 5.27. The van der Waals surface area contributed by atoms with Gasteiger partial charge in [-0.15, -0.1) is 0 Å². The number of carboxylic acids is 1. The number of rotatable bonds is 3. The third-order valence-electron chi connectivity index (χ3n) is 4.52. The highest BCUT2D eigenvalue weighted by Crippen LogP contribution is 2.26. The van der Waals surface area contributed by atoms with Gasteiger partial charge in [-0.05, 0) is 19.4 Å². The number of pyridine rings is 2. The number of aromatic carboxylic acids is 1. The average molecular weight is 390 g/mol. The number of aryl methyl sites for hydroxylation is 1. The van der Waals surface area contributed by atoms with Crippen molar-refractivity contribution in [2.75, 3.05) is 18.0 Å². The molecule has 1 unspecified atom stereocenters. The van der Waals surface area contributed by atoms with E-state index in [1.807, 2.05) is 0 Å². The predicted molar refractivity (Wildman–Crippen MR) is 97.3 cm³/mol. The molecule has 140 valence electrons. The van der Waals surface area contributed by atoms with Crippen LogP contribution in [0.25, 0.3) is 16.9 Å². The summed E-state index contributed by atoms with van der Waals surface area (Å²) in [6.45, 7) is 2.70. The lowest BCUT2D eigenvalue weighted by Gasteiger charge is -2.19. The molecule has 1 fully saturated rings. The van der Waals surface area contributed by atoms with Crippen molar-refractivity contribution in [3.05, 3.63) is 39.6 Å². The smallest absolute Gasteiger partial charge is 0.341 e. The number of hydrogen-bond donors (Lipinski definition) is 2. The van der Waals surface area contributed by atoms with Gasteiger partial charge in [0.2, 0.25) is 5.43 Å². The molecule has 1 aliphatic heterocycles. The zero-order valence-corrected chi connectivity index (χ0v) is 15.0. The molecule has 0 spiro atoms. The molecule has 0 radical (unpaired) electrons. The van der Waals surface area contributed by atoms with Gasteiger partial charge in [0.05, 0.1) is 22.8 Å². The normalized spacial score (nSPS) is 17.0. The monoisotopic (exact) mass is 390 g/mol. The summed E-state index contributed by atoms with van der Waals surface area (Å²) in [7, 11) is 0. The average Bonchev–Trinajstić information content (AvgIpc) is 3.23. The molecule has 0 aromatic carbocycles. The minimum absolute atomic E-state index is 0.0764. The van der Waals surface area contributed by atoms with Gasteiger partial charge in [-0.25, -0.2) is 14.2 Å². The topological polar surface area (TPSA) is 127 Å². The van der Waals surface area contributed by atoms with Crippen LogP contribution >= 0.6 is 11.7 Å². The van der Waals surface area contributed by atoms with E-state index in [2.05, 4.69) is 13.7 Å². The lowest BCUT2D eigenvalue weighted by Crippen LogP contribution is -2.28. The van der Waals surface area contributed by atoms with E-state index in [1.54, 1.807) is 11.8 Å². The fourth-order valence-electron chi connectivity index (χ4n) is 3.18. The van der Waals surface area contributed by atoms with E-state index in [1.165, 1.54) is 4.57 Å². The molecule has 11 heteroatoms. The van der Waals surface area contributed by atoms with E-state index in [9.17, 15) is 19.1 Å². The van der Waals surface area contributed by atoms with Gasteiger partial charge >= 0.3 is 5.97 Å². The van der Waals surface area contributed by atoms with E-state index in [-0.39, 0.29) is 22.9 Å². The number of anilines is 1. The summed E-state index contributed by atoms with van der Waals surface area (Å²) in [5.74, 6) is -1.69. The van der Waals surface area contributed by atoms with Crippen LogP contribution in [0.4, 0.5) is 10.2 Å². The van der Waals surface area contributed by atoms with Crippen molar-refractivity contribution < 1.29 is 14.3 Å². The van der Waals surface area contributed by atoms with Crippen molar-refractivity contribution in [3.63, 3.8) is 0 Å². The summed E-state index contributed by atoms with van der Waals surface area (Å²) in [6, 6.07) is 0.950. The van der Waals surface area contributed by atoms with Crippen LogP contribution in [0, 0.1) is 12.7 Å². The van der Waals surface area contributed by atoms with Crippen molar-refractivity contribution in [3.8, 4) is 5.82 Å². The fraction of sp³-hybridized carbons (Fsp3) is 0.312. The van der Waals surface area contributed by atoms with E-state index in [0.29, 0.717) is 31.0 Å². The Balaban J connectivity index is 2.04. The summed E-state index contributed by atoms with van der Waals surface area (Å²) >= 11 is 0.946. The highest BCUT2D eigenvalue weighted by Gasteiger charge is 2.26. The predicted octanol–water partition coefficient (Wildman–Crippen LogP) is 0.920. The number of hydrogen-bond acceptors (Lipinski definition) is 8. The van der Waals surface area contributed by atoms with Crippen molar-refractivity contribution >= 4 is 34.5 Å². The Hall–Kier alpha value is -2.92. The van der Waals surface area contributed by atoms with Crippen LogP contribution < -0.4 is 16.1 Å². The first-order chi connectivity index (χ1) is 12.9. The zero-order chi connectivity index (χ0) is 19.3. The molecule has 1 saturated heterocycles. The van der Waals surface area contributed by atoms with Gasteiger partial charge in [0, 0.05) is 25.3 Å². The van der Waals surface area contributed by atoms with E-state index >= 15 is 0 Å². The molecule has 3 aromatic heterocycles. The highest BCUT2D eigenvalue weighted by molar-refractivity contribution is 6.99. The molecular formula is C16H15FN6O3S. The van der Waals surface area contributed by atoms with Crippen LogP contribution in [0.2, 0.25) is 0 Å². The van der Waals surface area contributed by atoms with Crippen LogP contribution in [-0.2, 0) is 0 Å². The van der Waals surface area contributed by atoms with E-state index < -0.39 is 22.8 Å². The first-order valence-electron chi connectivity index (χ1n) is 8.16. The van der Waals surface area contributed by atoms with E-state index in [4.69, 9.17) is 5.73 Å². The van der Waals surface area contributed by atoms with Crippen molar-refractivity contribution in [1.29, 1.82) is 0 Å². The lowest BCUT2D eigenvalue weighted by atomic mass is 10.2. The second kappa shape index (κ2) is 6.35. The van der Waals surface area contributed by atoms with Gasteiger partial charge < -0.3 is 15.7 Å².